The van der Waals surface area contributed by atoms with Crippen molar-refractivity contribution in [1.29, 1.82) is 0 Å². The maximum Gasteiger partial charge on any atom is 0.224 e. The second-order valence-electron chi connectivity index (χ2n) is 6.56. The van der Waals surface area contributed by atoms with Crippen LogP contribution in [0.25, 0.3) is 11.1 Å². The van der Waals surface area contributed by atoms with Crippen LogP contribution in [0.4, 0.5) is 0 Å². The lowest BCUT2D eigenvalue weighted by molar-refractivity contribution is -0.120. The molecule has 1 atom stereocenters. The third-order valence-corrected chi connectivity index (χ3v) is 4.63. The molecule has 0 aliphatic heterocycles. The van der Waals surface area contributed by atoms with Crippen molar-refractivity contribution >= 4 is 5.91 Å². The van der Waals surface area contributed by atoms with E-state index in [1.165, 1.54) is 5.56 Å². The Hall–Kier alpha value is -3.60. The number of rotatable bonds is 7. The number of nitrogens with zero attached hydrogens (tertiary/aromatic N) is 2. The number of carbonyl (C=O) groups excluding carboxylic acids is 1. The molecule has 1 N–H and O–H groups in total. The summed E-state index contributed by atoms with van der Waals surface area (Å²) in [6.45, 7) is 0.413. The Morgan fingerprint density at radius 2 is 1.75 bits per heavy atom. The van der Waals surface area contributed by atoms with Gasteiger partial charge in [-0.25, -0.2) is 0 Å². The summed E-state index contributed by atoms with van der Waals surface area (Å²) >= 11 is 0. The average Bonchev–Trinajstić information content (AvgIpc) is 3.44. The molecule has 1 amide bonds. The van der Waals surface area contributed by atoms with Crippen LogP contribution < -0.4 is 5.32 Å². The first-order chi connectivity index (χ1) is 13.8. The van der Waals surface area contributed by atoms with Gasteiger partial charge in [-0.1, -0.05) is 54.6 Å². The molecule has 0 saturated heterocycles. The molecule has 4 aromatic rings. The molecule has 140 valence electrons. The zero-order valence-electron chi connectivity index (χ0n) is 15.4. The van der Waals surface area contributed by atoms with Crippen LogP contribution in [0.15, 0.2) is 95.9 Å². The summed E-state index contributed by atoms with van der Waals surface area (Å²) in [6.07, 6.45) is 5.54. The van der Waals surface area contributed by atoms with Gasteiger partial charge >= 0.3 is 0 Å². The van der Waals surface area contributed by atoms with Gasteiger partial charge in [-0.3, -0.25) is 9.48 Å². The van der Waals surface area contributed by atoms with E-state index >= 15 is 0 Å². The number of nitrogens with one attached hydrogen (secondary N) is 1. The fourth-order valence-corrected chi connectivity index (χ4v) is 3.17. The van der Waals surface area contributed by atoms with Crippen molar-refractivity contribution in [3.63, 3.8) is 0 Å². The summed E-state index contributed by atoms with van der Waals surface area (Å²) in [4.78, 5) is 12.4. The van der Waals surface area contributed by atoms with Crippen molar-refractivity contribution in [3.8, 4) is 11.1 Å². The topological polar surface area (TPSA) is 60.1 Å². The van der Waals surface area contributed by atoms with Crippen LogP contribution in [0.2, 0.25) is 0 Å². The maximum absolute atomic E-state index is 12.4. The van der Waals surface area contributed by atoms with Crippen molar-refractivity contribution in [1.82, 2.24) is 15.1 Å². The van der Waals surface area contributed by atoms with Crippen LogP contribution >= 0.6 is 0 Å². The zero-order valence-corrected chi connectivity index (χ0v) is 15.4. The van der Waals surface area contributed by atoms with Gasteiger partial charge in [0.1, 0.15) is 11.8 Å². The number of carbonyl (C=O) groups is 1. The van der Waals surface area contributed by atoms with Crippen LogP contribution in [-0.4, -0.2) is 22.2 Å². The van der Waals surface area contributed by atoms with Gasteiger partial charge in [0.05, 0.1) is 12.7 Å². The molecule has 5 nitrogen and oxygen atoms in total. The zero-order chi connectivity index (χ0) is 19.2. The van der Waals surface area contributed by atoms with Crippen LogP contribution in [-0.2, 0) is 11.2 Å². The van der Waals surface area contributed by atoms with Crippen LogP contribution in [0.3, 0.4) is 0 Å². The Kier molecular flexibility index (Phi) is 5.33. The number of furan rings is 1. The third kappa shape index (κ3) is 4.20. The molecule has 0 saturated carbocycles. The lowest BCUT2D eigenvalue weighted by atomic mass is 10.0. The van der Waals surface area contributed by atoms with Gasteiger partial charge in [0, 0.05) is 18.9 Å². The molecule has 2 aromatic heterocycles. The molecule has 4 rings (SSSR count). The summed E-state index contributed by atoms with van der Waals surface area (Å²) in [6, 6.07) is 23.7. The summed E-state index contributed by atoms with van der Waals surface area (Å²) in [5.41, 5.74) is 3.28. The predicted molar refractivity (Wildman–Crippen MR) is 108 cm³/mol. The summed E-state index contributed by atoms with van der Waals surface area (Å²) < 4.78 is 7.30. The van der Waals surface area contributed by atoms with E-state index in [0.717, 1.165) is 16.9 Å². The fraction of sp³-hybridized carbons (Fsp3) is 0.130. The van der Waals surface area contributed by atoms with Crippen molar-refractivity contribution in [2.75, 3.05) is 6.54 Å². The average molecular weight is 371 g/mol. The number of amides is 1. The Balaban J connectivity index is 1.37. The van der Waals surface area contributed by atoms with Crippen LogP contribution in [0.5, 0.6) is 0 Å². The molecule has 2 heterocycles. The lowest BCUT2D eigenvalue weighted by Gasteiger charge is -2.16. The third-order valence-electron chi connectivity index (χ3n) is 4.63. The minimum absolute atomic E-state index is 0.0313. The molecule has 0 spiro atoms. The molecule has 0 fully saturated rings. The second kappa shape index (κ2) is 8.39. The van der Waals surface area contributed by atoms with E-state index in [-0.39, 0.29) is 11.9 Å². The Bertz CT molecular complexity index is 958. The van der Waals surface area contributed by atoms with Gasteiger partial charge in [0.25, 0.3) is 0 Å². The number of hydrogen-bond acceptors (Lipinski definition) is 3. The van der Waals surface area contributed by atoms with Crippen molar-refractivity contribution in [2.45, 2.75) is 12.5 Å². The number of aromatic nitrogens is 2. The van der Waals surface area contributed by atoms with Gasteiger partial charge in [-0.05, 0) is 34.9 Å². The molecular weight excluding hydrogens is 350 g/mol. The summed E-state index contributed by atoms with van der Waals surface area (Å²) in [5, 5.41) is 7.27. The smallest absolute Gasteiger partial charge is 0.224 e. The van der Waals surface area contributed by atoms with E-state index in [9.17, 15) is 4.79 Å². The normalized spacial score (nSPS) is 11.9. The van der Waals surface area contributed by atoms with Gasteiger partial charge in [-0.2, -0.15) is 5.10 Å². The highest BCUT2D eigenvalue weighted by molar-refractivity contribution is 5.79. The monoisotopic (exact) mass is 371 g/mol. The number of hydrogen-bond donors (Lipinski definition) is 1. The first-order valence-electron chi connectivity index (χ1n) is 9.23. The Morgan fingerprint density at radius 3 is 2.43 bits per heavy atom. The van der Waals surface area contributed by atoms with E-state index in [4.69, 9.17) is 4.42 Å². The summed E-state index contributed by atoms with van der Waals surface area (Å²) in [5.74, 6) is 0.729. The number of benzene rings is 2. The first kappa shape index (κ1) is 17.8. The quantitative estimate of drug-likeness (QED) is 0.532. The standard InChI is InChI=1S/C23H21N3O2/c27-23(16-18-9-11-20(12-10-18)19-6-2-1-3-7-19)24-17-21(22-8-4-15-28-22)26-14-5-13-25-26/h1-15,21H,16-17H2,(H,24,27). The van der Waals surface area contributed by atoms with E-state index < -0.39 is 0 Å². The van der Waals surface area contributed by atoms with E-state index in [0.29, 0.717) is 13.0 Å². The highest BCUT2D eigenvalue weighted by Gasteiger charge is 2.18. The van der Waals surface area contributed by atoms with E-state index in [2.05, 4.69) is 22.5 Å². The molecular formula is C23H21N3O2. The SMILES string of the molecule is O=C(Cc1ccc(-c2ccccc2)cc1)NCC(c1ccco1)n1cccn1. The van der Waals surface area contributed by atoms with Crippen molar-refractivity contribution in [3.05, 3.63) is 103 Å². The predicted octanol–water partition coefficient (Wildman–Crippen LogP) is 4.09. The Labute approximate surface area is 163 Å². The largest absolute Gasteiger partial charge is 0.467 e. The van der Waals surface area contributed by atoms with Gasteiger partial charge < -0.3 is 9.73 Å². The molecule has 0 aliphatic carbocycles. The van der Waals surface area contributed by atoms with E-state index in [1.807, 2.05) is 66.9 Å². The van der Waals surface area contributed by atoms with Gasteiger partial charge in [-0.15, -0.1) is 0 Å². The van der Waals surface area contributed by atoms with Gasteiger partial charge in [0.15, 0.2) is 0 Å². The van der Waals surface area contributed by atoms with Crippen LogP contribution in [0, 0.1) is 0 Å². The molecule has 5 heteroatoms. The molecule has 2 aromatic carbocycles. The van der Waals surface area contributed by atoms with E-state index in [1.54, 1.807) is 17.1 Å². The molecule has 0 radical (unpaired) electrons. The first-order valence-corrected chi connectivity index (χ1v) is 9.23. The highest BCUT2D eigenvalue weighted by atomic mass is 16.3. The maximum atomic E-state index is 12.4. The minimum Gasteiger partial charge on any atom is -0.467 e. The fourth-order valence-electron chi connectivity index (χ4n) is 3.17. The molecule has 1 unspecified atom stereocenters. The minimum atomic E-state index is -0.172. The molecule has 0 bridgehead atoms. The molecule has 28 heavy (non-hydrogen) atoms. The van der Waals surface area contributed by atoms with Crippen LogP contribution in [0.1, 0.15) is 17.4 Å². The summed E-state index contributed by atoms with van der Waals surface area (Å²) in [7, 11) is 0. The van der Waals surface area contributed by atoms with Crippen molar-refractivity contribution < 1.29 is 9.21 Å². The van der Waals surface area contributed by atoms with Crippen molar-refractivity contribution in [2.24, 2.45) is 0 Å². The second-order valence-corrected chi connectivity index (χ2v) is 6.56. The molecule has 0 aliphatic rings. The highest BCUT2D eigenvalue weighted by Crippen LogP contribution is 2.20. The lowest BCUT2D eigenvalue weighted by Crippen LogP contribution is -2.32. The van der Waals surface area contributed by atoms with Gasteiger partial charge in [0.2, 0.25) is 5.91 Å². The Morgan fingerprint density at radius 1 is 0.964 bits per heavy atom.